The molecule has 3 aromatic rings. The molecule has 6 heteroatoms. The van der Waals surface area contributed by atoms with Crippen molar-refractivity contribution >= 4 is 5.71 Å². The van der Waals surface area contributed by atoms with E-state index in [1.165, 1.54) is 19.3 Å². The van der Waals surface area contributed by atoms with Gasteiger partial charge in [0.25, 0.3) is 0 Å². The third-order valence-corrected chi connectivity index (χ3v) is 7.38. The van der Waals surface area contributed by atoms with Gasteiger partial charge in [0.1, 0.15) is 11.5 Å². The third-order valence-electron chi connectivity index (χ3n) is 7.38. The van der Waals surface area contributed by atoms with Crippen molar-refractivity contribution in [2.24, 2.45) is 5.10 Å². The lowest BCUT2D eigenvalue weighted by atomic mass is 9.96. The van der Waals surface area contributed by atoms with E-state index < -0.39 is 0 Å². The minimum Gasteiger partial charge on any atom is -0.494 e. The summed E-state index contributed by atoms with van der Waals surface area (Å²) in [5, 5.41) is 7.21. The van der Waals surface area contributed by atoms with E-state index in [1.807, 2.05) is 36.4 Å². The molecule has 2 aliphatic rings. The summed E-state index contributed by atoms with van der Waals surface area (Å²) in [5.74, 6) is 3.27. The number of hydrazone groups is 1. The fourth-order valence-corrected chi connectivity index (χ4v) is 5.17. The Bertz CT molecular complexity index is 1260. The highest BCUT2D eigenvalue weighted by Crippen LogP contribution is 2.48. The molecule has 3 aromatic carbocycles. The first-order chi connectivity index (χ1) is 19.2. The minimum absolute atomic E-state index is 0.0934. The van der Waals surface area contributed by atoms with Crippen LogP contribution < -0.4 is 18.9 Å². The molecule has 6 nitrogen and oxygen atoms in total. The van der Waals surface area contributed by atoms with Crippen LogP contribution in [0.4, 0.5) is 0 Å². The first-order valence-electron chi connectivity index (χ1n) is 14.4. The normalized spacial score (nSPS) is 17.6. The monoisotopic (exact) mass is 528 g/mol. The Kier molecular flexibility index (Phi) is 8.92. The quantitative estimate of drug-likeness (QED) is 0.210. The fraction of sp³-hybridized carbons (Fsp3) is 0.424. The second-order valence-electron chi connectivity index (χ2n) is 10.2. The predicted molar refractivity (Wildman–Crippen MR) is 155 cm³/mol. The van der Waals surface area contributed by atoms with E-state index in [2.05, 4.69) is 49.2 Å². The van der Waals surface area contributed by atoms with E-state index >= 15 is 0 Å². The second kappa shape index (κ2) is 12.9. The van der Waals surface area contributed by atoms with Crippen molar-refractivity contribution in [1.29, 1.82) is 0 Å². The van der Waals surface area contributed by atoms with Gasteiger partial charge in [0, 0.05) is 17.5 Å². The number of nitrogens with zero attached hydrogens (tertiary/aromatic N) is 2. The van der Waals surface area contributed by atoms with Gasteiger partial charge in [0.2, 0.25) is 6.23 Å². The number of hydrogen-bond acceptors (Lipinski definition) is 6. The molecule has 0 radical (unpaired) electrons. The van der Waals surface area contributed by atoms with E-state index in [1.54, 1.807) is 7.11 Å². The lowest BCUT2D eigenvalue weighted by Crippen LogP contribution is -2.33. The summed E-state index contributed by atoms with van der Waals surface area (Å²) in [6.45, 7) is 5.82. The van der Waals surface area contributed by atoms with E-state index in [9.17, 15) is 0 Å². The van der Waals surface area contributed by atoms with Crippen LogP contribution in [0.1, 0.15) is 87.8 Å². The van der Waals surface area contributed by atoms with Gasteiger partial charge >= 0.3 is 0 Å². The molecule has 0 aliphatic carbocycles. The molecule has 2 heterocycles. The largest absolute Gasteiger partial charge is 0.494 e. The Balaban J connectivity index is 1.38. The number of benzene rings is 3. The Morgan fingerprint density at radius 3 is 2.44 bits per heavy atom. The number of rotatable bonds is 13. The summed E-state index contributed by atoms with van der Waals surface area (Å²) in [5.41, 5.74) is 4.29. The molecule has 2 aliphatic heterocycles. The Morgan fingerprint density at radius 1 is 0.846 bits per heavy atom. The molecule has 0 amide bonds. The van der Waals surface area contributed by atoms with Crippen LogP contribution in [0.15, 0.2) is 71.8 Å². The average Bonchev–Trinajstić information content (AvgIpc) is 3.43. The van der Waals surface area contributed by atoms with Crippen LogP contribution >= 0.6 is 0 Å². The zero-order chi connectivity index (χ0) is 27.0. The lowest BCUT2D eigenvalue weighted by Gasteiger charge is -2.38. The van der Waals surface area contributed by atoms with Gasteiger partial charge in [-0.15, -0.1) is 0 Å². The maximum Gasteiger partial charge on any atom is 0.214 e. The van der Waals surface area contributed by atoms with Crippen molar-refractivity contribution < 1.29 is 18.9 Å². The molecule has 5 rings (SSSR count). The lowest BCUT2D eigenvalue weighted by molar-refractivity contribution is -0.0191. The summed E-state index contributed by atoms with van der Waals surface area (Å²) < 4.78 is 24.2. The molecule has 206 valence electrons. The molecule has 0 aromatic heterocycles. The molecule has 2 atom stereocenters. The van der Waals surface area contributed by atoms with Crippen LogP contribution in [-0.4, -0.2) is 31.0 Å². The van der Waals surface area contributed by atoms with Gasteiger partial charge in [0.05, 0.1) is 32.1 Å². The highest BCUT2D eigenvalue weighted by molar-refractivity contribution is 6.02. The van der Waals surface area contributed by atoms with Crippen LogP contribution in [0.25, 0.3) is 0 Å². The van der Waals surface area contributed by atoms with Gasteiger partial charge in [-0.25, -0.2) is 5.01 Å². The van der Waals surface area contributed by atoms with Crippen LogP contribution in [0, 0.1) is 0 Å². The summed E-state index contributed by atoms with van der Waals surface area (Å²) in [6.07, 6.45) is 7.28. The molecule has 39 heavy (non-hydrogen) atoms. The second-order valence-corrected chi connectivity index (χ2v) is 10.2. The summed E-state index contributed by atoms with van der Waals surface area (Å²) in [7, 11) is 1.69. The summed E-state index contributed by atoms with van der Waals surface area (Å²) in [4.78, 5) is 0. The van der Waals surface area contributed by atoms with Crippen molar-refractivity contribution in [2.75, 3.05) is 20.3 Å². The average molecular weight is 529 g/mol. The van der Waals surface area contributed by atoms with Gasteiger partial charge < -0.3 is 18.9 Å². The van der Waals surface area contributed by atoms with Crippen LogP contribution in [-0.2, 0) is 0 Å². The highest BCUT2D eigenvalue weighted by atomic mass is 16.5. The SMILES string of the molecule is CCCCCCOc1ccc([C@@H]2Oc3ccccc3[C@@H]3CC(c4ccc(OCCCC)cc4)=NN32)cc1OC. The first kappa shape index (κ1) is 26.9. The van der Waals surface area contributed by atoms with Gasteiger partial charge in [-0.1, -0.05) is 57.7 Å². The van der Waals surface area contributed by atoms with Crippen molar-refractivity contribution in [3.05, 3.63) is 83.4 Å². The summed E-state index contributed by atoms with van der Waals surface area (Å²) in [6, 6.07) is 22.7. The Morgan fingerprint density at radius 2 is 1.64 bits per heavy atom. The molecular weight excluding hydrogens is 488 g/mol. The van der Waals surface area contributed by atoms with Crippen LogP contribution in [0.5, 0.6) is 23.0 Å². The van der Waals surface area contributed by atoms with Gasteiger partial charge in [-0.05, 0) is 66.9 Å². The van der Waals surface area contributed by atoms with Gasteiger partial charge in [-0.2, -0.15) is 5.10 Å². The maximum atomic E-state index is 6.56. The summed E-state index contributed by atoms with van der Waals surface area (Å²) >= 11 is 0. The smallest absolute Gasteiger partial charge is 0.214 e. The number of para-hydroxylation sites is 1. The van der Waals surface area contributed by atoms with E-state index in [0.717, 1.165) is 71.9 Å². The predicted octanol–water partition coefficient (Wildman–Crippen LogP) is 8.08. The van der Waals surface area contributed by atoms with Crippen molar-refractivity contribution in [2.45, 2.75) is 71.1 Å². The van der Waals surface area contributed by atoms with Gasteiger partial charge in [-0.3, -0.25) is 0 Å². The minimum atomic E-state index is -0.369. The molecule has 0 N–H and O–H groups in total. The number of ether oxygens (including phenoxy) is 4. The van der Waals surface area contributed by atoms with Gasteiger partial charge in [0.15, 0.2) is 11.5 Å². The number of hydrogen-bond donors (Lipinski definition) is 0. The van der Waals surface area contributed by atoms with Crippen molar-refractivity contribution in [1.82, 2.24) is 5.01 Å². The molecule has 0 saturated carbocycles. The molecular formula is C33H40N2O4. The maximum absolute atomic E-state index is 6.56. The Labute approximate surface area is 232 Å². The molecule has 0 bridgehead atoms. The topological polar surface area (TPSA) is 52.5 Å². The van der Waals surface area contributed by atoms with E-state index in [4.69, 9.17) is 24.0 Å². The standard InChI is InChI=1S/C33H40N2O4/c1-4-6-8-11-21-38-31-19-16-25(22-32(31)36-3)33-35-29(27-12-9-10-13-30(27)39-33)23-28(34-35)24-14-17-26(18-15-24)37-20-7-5-2/h9-10,12-19,22,29,33H,4-8,11,20-21,23H2,1-3H3/t29-,33-/m0/s1. The van der Waals surface area contributed by atoms with E-state index in [-0.39, 0.29) is 12.3 Å². The Hall–Kier alpha value is -3.67. The molecule has 0 unspecified atom stereocenters. The third kappa shape index (κ3) is 6.16. The van der Waals surface area contributed by atoms with Crippen LogP contribution in [0.3, 0.4) is 0 Å². The molecule has 0 fully saturated rings. The van der Waals surface area contributed by atoms with Crippen molar-refractivity contribution in [3.8, 4) is 23.0 Å². The first-order valence-corrected chi connectivity index (χ1v) is 14.4. The van der Waals surface area contributed by atoms with Crippen LogP contribution in [0.2, 0.25) is 0 Å². The van der Waals surface area contributed by atoms with Crippen molar-refractivity contribution in [3.63, 3.8) is 0 Å². The number of fused-ring (bicyclic) bond motifs is 3. The molecule has 0 spiro atoms. The molecule has 0 saturated heterocycles. The fourth-order valence-electron chi connectivity index (χ4n) is 5.17. The number of unbranched alkanes of at least 4 members (excludes halogenated alkanes) is 4. The number of methoxy groups -OCH3 is 1. The zero-order valence-electron chi connectivity index (χ0n) is 23.4. The van der Waals surface area contributed by atoms with E-state index in [0.29, 0.717) is 12.4 Å². The zero-order valence-corrected chi connectivity index (χ0v) is 23.4. The highest BCUT2D eigenvalue weighted by Gasteiger charge is 2.41.